The molecule has 1 aromatic carbocycles. The summed E-state index contributed by atoms with van der Waals surface area (Å²) in [6.45, 7) is 2.64. The van der Waals surface area contributed by atoms with Crippen LogP contribution in [0.1, 0.15) is 24.0 Å². The predicted octanol–water partition coefficient (Wildman–Crippen LogP) is 3.57. The molecule has 2 heterocycles. The summed E-state index contributed by atoms with van der Waals surface area (Å²) < 4.78 is 8.31. The molecule has 0 saturated heterocycles. The minimum Gasteiger partial charge on any atom is -0.340 e. The van der Waals surface area contributed by atoms with Crippen LogP contribution in [0.25, 0.3) is 11.0 Å². The fraction of sp³-hybridized carbons (Fsp3) is 0.308. The van der Waals surface area contributed by atoms with E-state index in [2.05, 4.69) is 60.5 Å². The first kappa shape index (κ1) is 13.8. The number of hydrogen-bond donors (Lipinski definition) is 0. The van der Waals surface area contributed by atoms with Crippen molar-refractivity contribution < 1.29 is 4.52 Å². The maximum atomic E-state index is 6.24. The lowest BCUT2D eigenvalue weighted by Gasteiger charge is -2.09. The van der Waals surface area contributed by atoms with Crippen molar-refractivity contribution in [3.8, 4) is 0 Å². The highest BCUT2D eigenvalue weighted by Crippen LogP contribution is 2.26. The molecular weight excluding hydrogens is 391 g/mol. The second kappa shape index (κ2) is 5.69. The summed E-state index contributed by atoms with van der Waals surface area (Å²) in [6.07, 6.45) is 2.07. The van der Waals surface area contributed by atoms with Crippen molar-refractivity contribution in [1.29, 1.82) is 0 Å². The fourth-order valence-electron chi connectivity index (χ4n) is 2.17. The Bertz CT molecular complexity index is 723. The molecule has 0 radical (unpaired) electrons. The largest absolute Gasteiger partial charge is 0.340 e. The third-order valence-corrected chi connectivity index (χ3v) is 3.92. The summed E-state index contributed by atoms with van der Waals surface area (Å²) in [5.74, 6) is 1.48. The molecule has 5 nitrogen and oxygen atoms in total. The zero-order valence-corrected chi connectivity index (χ0v) is 13.7. The second-order valence-corrected chi connectivity index (χ2v) is 6.36. The maximum Gasteiger partial charge on any atom is 0.228 e. The molecule has 0 aliphatic rings. The molecule has 0 amide bonds. The van der Waals surface area contributed by atoms with Gasteiger partial charge in [0.15, 0.2) is 6.33 Å². The Labute approximate surface area is 134 Å². The zero-order chi connectivity index (χ0) is 14.1. The first-order chi connectivity index (χ1) is 9.65. The van der Waals surface area contributed by atoms with Gasteiger partial charge in [-0.3, -0.25) is 0 Å². The topological polar surface area (TPSA) is 56.7 Å². The summed E-state index contributed by atoms with van der Waals surface area (Å²) in [4.78, 5) is 8.67. The van der Waals surface area contributed by atoms with E-state index in [0.29, 0.717) is 18.9 Å². The van der Waals surface area contributed by atoms with Crippen LogP contribution in [-0.4, -0.2) is 19.7 Å². The van der Waals surface area contributed by atoms with Gasteiger partial charge in [0.05, 0.1) is 16.4 Å². The summed E-state index contributed by atoms with van der Waals surface area (Å²) in [6, 6.07) is 6.19. The Balaban J connectivity index is 2.00. The average Bonchev–Trinajstić information content (AvgIpc) is 3.02. The number of rotatable bonds is 4. The van der Waals surface area contributed by atoms with Gasteiger partial charge in [0, 0.05) is 16.5 Å². The van der Waals surface area contributed by atoms with Gasteiger partial charge in [-0.05, 0) is 47.7 Å². The molecule has 3 aromatic rings. The van der Waals surface area contributed by atoms with Crippen LogP contribution in [0, 0.1) is 3.57 Å². The quantitative estimate of drug-likeness (QED) is 0.494. The van der Waals surface area contributed by atoms with Crippen LogP contribution in [0.5, 0.6) is 0 Å². The van der Waals surface area contributed by atoms with Gasteiger partial charge < -0.3 is 9.09 Å². The lowest BCUT2D eigenvalue weighted by atomic mass is 10.3. The molecule has 0 N–H and O–H groups in total. The SMILES string of the molecule is CC(Cl)c1nc2cc(I)ccc2n1CCc1ncno1. The Kier molecular flexibility index (Phi) is 3.93. The van der Waals surface area contributed by atoms with Crippen LogP contribution in [0.15, 0.2) is 29.0 Å². The van der Waals surface area contributed by atoms with Crippen molar-refractivity contribution in [2.24, 2.45) is 0 Å². The normalized spacial score (nSPS) is 12.9. The molecule has 0 aliphatic heterocycles. The highest BCUT2D eigenvalue weighted by molar-refractivity contribution is 14.1. The van der Waals surface area contributed by atoms with Crippen molar-refractivity contribution in [1.82, 2.24) is 19.7 Å². The highest BCUT2D eigenvalue weighted by atomic mass is 127. The third kappa shape index (κ3) is 2.67. The molecule has 7 heteroatoms. The van der Waals surface area contributed by atoms with Gasteiger partial charge in [0.1, 0.15) is 5.82 Å². The van der Waals surface area contributed by atoms with E-state index >= 15 is 0 Å². The Morgan fingerprint density at radius 1 is 1.45 bits per heavy atom. The minimum atomic E-state index is -0.150. The van der Waals surface area contributed by atoms with Gasteiger partial charge in [0.2, 0.25) is 5.89 Å². The molecule has 0 saturated carbocycles. The lowest BCUT2D eigenvalue weighted by Crippen LogP contribution is -2.07. The van der Waals surface area contributed by atoms with Crippen molar-refractivity contribution in [3.63, 3.8) is 0 Å². The standard InChI is InChI=1S/C13H12ClIN4O/c1-8(14)13-18-10-6-9(15)2-3-11(10)19(13)5-4-12-16-7-17-20-12/h2-3,6-8H,4-5H2,1H3. The van der Waals surface area contributed by atoms with Gasteiger partial charge >= 0.3 is 0 Å². The number of alkyl halides is 1. The average molecular weight is 403 g/mol. The van der Waals surface area contributed by atoms with E-state index in [9.17, 15) is 0 Å². The molecule has 1 atom stereocenters. The first-order valence-electron chi connectivity index (χ1n) is 6.20. The van der Waals surface area contributed by atoms with Gasteiger partial charge in [-0.2, -0.15) is 4.98 Å². The number of fused-ring (bicyclic) bond motifs is 1. The van der Waals surface area contributed by atoms with E-state index in [0.717, 1.165) is 20.4 Å². The Morgan fingerprint density at radius 3 is 3.00 bits per heavy atom. The second-order valence-electron chi connectivity index (χ2n) is 4.46. The van der Waals surface area contributed by atoms with Gasteiger partial charge in [-0.1, -0.05) is 5.16 Å². The number of hydrogen-bond acceptors (Lipinski definition) is 4. The summed E-state index contributed by atoms with van der Waals surface area (Å²) >= 11 is 8.52. The van der Waals surface area contributed by atoms with E-state index in [4.69, 9.17) is 16.1 Å². The number of aryl methyl sites for hydroxylation is 2. The molecule has 0 bridgehead atoms. The van der Waals surface area contributed by atoms with Crippen LogP contribution in [0.3, 0.4) is 0 Å². The Hall–Kier alpha value is -1.15. The molecule has 0 aliphatic carbocycles. The number of benzene rings is 1. The predicted molar refractivity (Wildman–Crippen MR) is 84.7 cm³/mol. The molecule has 0 spiro atoms. The van der Waals surface area contributed by atoms with Crippen molar-refractivity contribution in [2.75, 3.05) is 0 Å². The van der Waals surface area contributed by atoms with Crippen LogP contribution in [0.2, 0.25) is 0 Å². The highest BCUT2D eigenvalue weighted by Gasteiger charge is 2.15. The van der Waals surface area contributed by atoms with E-state index in [1.54, 1.807) is 0 Å². The van der Waals surface area contributed by atoms with E-state index < -0.39 is 0 Å². The van der Waals surface area contributed by atoms with E-state index in [1.807, 2.05) is 6.92 Å². The lowest BCUT2D eigenvalue weighted by molar-refractivity contribution is 0.371. The smallest absolute Gasteiger partial charge is 0.228 e. The summed E-state index contributed by atoms with van der Waals surface area (Å²) in [7, 11) is 0. The monoisotopic (exact) mass is 402 g/mol. The summed E-state index contributed by atoms with van der Waals surface area (Å²) in [5, 5.41) is 3.47. The van der Waals surface area contributed by atoms with Crippen LogP contribution < -0.4 is 0 Å². The summed E-state index contributed by atoms with van der Waals surface area (Å²) in [5.41, 5.74) is 2.04. The van der Waals surface area contributed by atoms with E-state index in [-0.39, 0.29) is 5.38 Å². The Morgan fingerprint density at radius 2 is 2.30 bits per heavy atom. The van der Waals surface area contributed by atoms with Crippen LogP contribution in [-0.2, 0) is 13.0 Å². The molecule has 0 fully saturated rings. The molecule has 104 valence electrons. The molecule has 3 rings (SSSR count). The minimum absolute atomic E-state index is 0.150. The maximum absolute atomic E-state index is 6.24. The number of imidazole rings is 1. The van der Waals surface area contributed by atoms with Crippen LogP contribution >= 0.6 is 34.2 Å². The van der Waals surface area contributed by atoms with Gasteiger partial charge in [-0.15, -0.1) is 11.6 Å². The van der Waals surface area contributed by atoms with Crippen molar-refractivity contribution in [2.45, 2.75) is 25.3 Å². The molecule has 2 aromatic heterocycles. The van der Waals surface area contributed by atoms with Crippen LogP contribution in [0.4, 0.5) is 0 Å². The number of nitrogens with zero attached hydrogens (tertiary/aromatic N) is 4. The number of halogens is 2. The van der Waals surface area contributed by atoms with Crippen molar-refractivity contribution in [3.05, 3.63) is 39.8 Å². The fourth-order valence-corrected chi connectivity index (χ4v) is 2.82. The molecular formula is C13H12ClIN4O. The van der Waals surface area contributed by atoms with Gasteiger partial charge in [-0.25, -0.2) is 4.98 Å². The zero-order valence-electron chi connectivity index (χ0n) is 10.8. The van der Waals surface area contributed by atoms with E-state index in [1.165, 1.54) is 6.33 Å². The molecule has 20 heavy (non-hydrogen) atoms. The third-order valence-electron chi connectivity index (χ3n) is 3.05. The van der Waals surface area contributed by atoms with Crippen molar-refractivity contribution >= 4 is 45.2 Å². The first-order valence-corrected chi connectivity index (χ1v) is 7.72. The number of aromatic nitrogens is 4. The molecule has 1 unspecified atom stereocenters. The van der Waals surface area contributed by atoms with Gasteiger partial charge in [0.25, 0.3) is 0 Å².